The van der Waals surface area contributed by atoms with Crippen LogP contribution in [-0.2, 0) is 0 Å². The van der Waals surface area contributed by atoms with Crippen LogP contribution in [0, 0.1) is 0 Å². The summed E-state index contributed by atoms with van der Waals surface area (Å²) in [4.78, 5) is 7.91. The van der Waals surface area contributed by atoms with Crippen LogP contribution in [-0.4, -0.2) is 16.1 Å². The molecule has 2 N–H and O–H groups in total. The van der Waals surface area contributed by atoms with Gasteiger partial charge < -0.3 is 10.5 Å². The van der Waals surface area contributed by atoms with Gasteiger partial charge in [0, 0.05) is 0 Å². The molecule has 0 bridgehead atoms. The highest BCUT2D eigenvalue weighted by Crippen LogP contribution is 2.09. The molecule has 0 aromatic carbocycles. The fraction of sp³-hybridized carbons (Fsp3) is 0.556. The molecule has 1 heterocycles. The van der Waals surface area contributed by atoms with Crippen molar-refractivity contribution < 1.29 is 4.74 Å². The molecule has 0 saturated heterocycles. The fourth-order valence-corrected chi connectivity index (χ4v) is 0.991. The zero-order valence-electron chi connectivity index (χ0n) is 8.03. The Morgan fingerprint density at radius 2 is 1.85 bits per heavy atom. The summed E-state index contributed by atoms with van der Waals surface area (Å²) in [5.74, 6) is 0. The lowest BCUT2D eigenvalue weighted by Gasteiger charge is -2.12. The van der Waals surface area contributed by atoms with Crippen LogP contribution in [0.2, 0.25) is 0 Å². The largest absolute Gasteiger partial charge is 0.460 e. The third kappa shape index (κ3) is 2.89. The van der Waals surface area contributed by atoms with Crippen LogP contribution in [0.15, 0.2) is 12.4 Å². The first-order valence-corrected chi connectivity index (χ1v) is 4.50. The summed E-state index contributed by atoms with van der Waals surface area (Å²) >= 11 is 0. The summed E-state index contributed by atoms with van der Waals surface area (Å²) in [5, 5.41) is 0. The van der Waals surface area contributed by atoms with E-state index in [0.717, 1.165) is 12.8 Å². The van der Waals surface area contributed by atoms with Crippen molar-refractivity contribution in [3.8, 4) is 6.01 Å². The first-order chi connectivity index (χ1) is 6.26. The molecule has 0 saturated carbocycles. The number of nitrogens with two attached hydrogens (primary N) is 1. The molecule has 1 aromatic rings. The standard InChI is InChI=1S/C9H15N3O/c1-3-8(4-2)13-9-11-5-7(10)6-12-9/h5-6,8H,3-4,10H2,1-2H3. The molecule has 0 aliphatic heterocycles. The average Bonchev–Trinajstić information content (AvgIpc) is 2.17. The molecular weight excluding hydrogens is 166 g/mol. The number of aromatic nitrogens is 2. The second kappa shape index (κ2) is 4.64. The third-order valence-corrected chi connectivity index (χ3v) is 1.83. The van der Waals surface area contributed by atoms with Crippen molar-refractivity contribution in [3.63, 3.8) is 0 Å². The van der Waals surface area contributed by atoms with Gasteiger partial charge in [0.2, 0.25) is 0 Å². The molecule has 0 atom stereocenters. The van der Waals surface area contributed by atoms with E-state index in [1.807, 2.05) is 0 Å². The van der Waals surface area contributed by atoms with E-state index in [4.69, 9.17) is 10.5 Å². The molecule has 0 spiro atoms. The van der Waals surface area contributed by atoms with Gasteiger partial charge in [-0.05, 0) is 12.8 Å². The molecule has 0 aliphatic rings. The normalized spacial score (nSPS) is 10.4. The number of rotatable bonds is 4. The molecule has 0 amide bonds. The lowest BCUT2D eigenvalue weighted by Crippen LogP contribution is -2.15. The maximum absolute atomic E-state index is 5.49. The van der Waals surface area contributed by atoms with Crippen LogP contribution in [0.5, 0.6) is 6.01 Å². The highest BCUT2D eigenvalue weighted by atomic mass is 16.5. The van der Waals surface area contributed by atoms with Gasteiger partial charge in [-0.25, -0.2) is 9.97 Å². The molecule has 0 aliphatic carbocycles. The molecule has 0 radical (unpaired) electrons. The van der Waals surface area contributed by atoms with Gasteiger partial charge in [0.15, 0.2) is 0 Å². The zero-order valence-corrected chi connectivity index (χ0v) is 8.03. The molecule has 1 aromatic heterocycles. The number of anilines is 1. The van der Waals surface area contributed by atoms with Crippen LogP contribution < -0.4 is 10.5 Å². The van der Waals surface area contributed by atoms with E-state index < -0.39 is 0 Å². The summed E-state index contributed by atoms with van der Waals surface area (Å²) in [6, 6.07) is 0.405. The molecule has 4 nitrogen and oxygen atoms in total. The number of nitrogens with zero attached hydrogens (tertiary/aromatic N) is 2. The third-order valence-electron chi connectivity index (χ3n) is 1.83. The summed E-state index contributed by atoms with van der Waals surface area (Å²) in [7, 11) is 0. The van der Waals surface area contributed by atoms with Gasteiger partial charge in [-0.1, -0.05) is 13.8 Å². The SMILES string of the molecule is CCC(CC)Oc1ncc(N)cn1. The Labute approximate surface area is 78.1 Å². The van der Waals surface area contributed by atoms with Gasteiger partial charge in [0.1, 0.15) is 6.10 Å². The Kier molecular flexibility index (Phi) is 3.49. The first-order valence-electron chi connectivity index (χ1n) is 4.50. The van der Waals surface area contributed by atoms with Gasteiger partial charge in [-0.3, -0.25) is 0 Å². The highest BCUT2D eigenvalue weighted by molar-refractivity contribution is 5.30. The number of ether oxygens (including phenoxy) is 1. The number of hydrogen-bond acceptors (Lipinski definition) is 4. The van der Waals surface area contributed by atoms with Gasteiger partial charge >= 0.3 is 6.01 Å². The summed E-state index contributed by atoms with van der Waals surface area (Å²) in [5.41, 5.74) is 5.99. The van der Waals surface area contributed by atoms with Crippen molar-refractivity contribution in [2.24, 2.45) is 0 Å². The molecule has 1 rings (SSSR count). The monoisotopic (exact) mass is 181 g/mol. The average molecular weight is 181 g/mol. The van der Waals surface area contributed by atoms with E-state index in [1.165, 1.54) is 0 Å². The van der Waals surface area contributed by atoms with Gasteiger partial charge in [-0.15, -0.1) is 0 Å². The molecule has 4 heteroatoms. The predicted octanol–water partition coefficient (Wildman–Crippen LogP) is 1.63. The fourth-order valence-electron chi connectivity index (χ4n) is 0.991. The van der Waals surface area contributed by atoms with E-state index in [9.17, 15) is 0 Å². The van der Waals surface area contributed by atoms with E-state index in [2.05, 4.69) is 23.8 Å². The lowest BCUT2D eigenvalue weighted by molar-refractivity contribution is 0.176. The Hall–Kier alpha value is -1.32. The van der Waals surface area contributed by atoms with Crippen LogP contribution in [0.4, 0.5) is 5.69 Å². The number of hydrogen-bond donors (Lipinski definition) is 1. The van der Waals surface area contributed by atoms with Crippen LogP contribution in [0.25, 0.3) is 0 Å². The van der Waals surface area contributed by atoms with E-state index >= 15 is 0 Å². The highest BCUT2D eigenvalue weighted by Gasteiger charge is 2.06. The van der Waals surface area contributed by atoms with Crippen LogP contribution >= 0.6 is 0 Å². The number of nitrogen functional groups attached to an aromatic ring is 1. The van der Waals surface area contributed by atoms with Crippen molar-refractivity contribution in [1.82, 2.24) is 9.97 Å². The van der Waals surface area contributed by atoms with Crippen molar-refractivity contribution in [3.05, 3.63) is 12.4 Å². The maximum atomic E-state index is 5.49. The Bertz CT molecular complexity index is 244. The van der Waals surface area contributed by atoms with Crippen LogP contribution in [0.3, 0.4) is 0 Å². The second-order valence-electron chi connectivity index (χ2n) is 2.86. The van der Waals surface area contributed by atoms with Gasteiger partial charge in [0.25, 0.3) is 0 Å². The molecule has 0 unspecified atom stereocenters. The van der Waals surface area contributed by atoms with E-state index in [1.54, 1.807) is 12.4 Å². The molecular formula is C9H15N3O. The minimum absolute atomic E-state index is 0.198. The second-order valence-corrected chi connectivity index (χ2v) is 2.86. The van der Waals surface area contributed by atoms with Crippen molar-refractivity contribution in [2.45, 2.75) is 32.8 Å². The van der Waals surface area contributed by atoms with Crippen molar-refractivity contribution >= 4 is 5.69 Å². The molecule has 72 valence electrons. The van der Waals surface area contributed by atoms with Gasteiger partial charge in [0.05, 0.1) is 18.1 Å². The smallest absolute Gasteiger partial charge is 0.316 e. The van der Waals surface area contributed by atoms with E-state index in [-0.39, 0.29) is 6.10 Å². The Balaban J connectivity index is 2.58. The Morgan fingerprint density at radius 3 is 2.31 bits per heavy atom. The summed E-state index contributed by atoms with van der Waals surface area (Å²) in [6.07, 6.45) is 5.22. The minimum atomic E-state index is 0.198. The Morgan fingerprint density at radius 1 is 1.31 bits per heavy atom. The maximum Gasteiger partial charge on any atom is 0.316 e. The lowest BCUT2D eigenvalue weighted by atomic mass is 10.2. The first kappa shape index (κ1) is 9.77. The molecule has 0 fully saturated rings. The molecule has 13 heavy (non-hydrogen) atoms. The topological polar surface area (TPSA) is 61.0 Å². The van der Waals surface area contributed by atoms with E-state index in [0.29, 0.717) is 11.7 Å². The van der Waals surface area contributed by atoms with Crippen molar-refractivity contribution in [2.75, 3.05) is 5.73 Å². The van der Waals surface area contributed by atoms with Crippen LogP contribution in [0.1, 0.15) is 26.7 Å². The summed E-state index contributed by atoms with van der Waals surface area (Å²) < 4.78 is 5.49. The minimum Gasteiger partial charge on any atom is -0.460 e. The quantitative estimate of drug-likeness (QED) is 0.766. The zero-order chi connectivity index (χ0) is 9.68. The predicted molar refractivity (Wildman–Crippen MR) is 51.4 cm³/mol. The van der Waals surface area contributed by atoms with Crippen molar-refractivity contribution in [1.29, 1.82) is 0 Å². The summed E-state index contributed by atoms with van der Waals surface area (Å²) in [6.45, 7) is 4.15. The van der Waals surface area contributed by atoms with Gasteiger partial charge in [-0.2, -0.15) is 0 Å².